The lowest BCUT2D eigenvalue weighted by atomic mass is 10.2. The van der Waals surface area contributed by atoms with E-state index in [9.17, 15) is 9.18 Å². The van der Waals surface area contributed by atoms with Crippen molar-refractivity contribution >= 4 is 29.3 Å². The first-order valence-corrected chi connectivity index (χ1v) is 6.54. The Hall–Kier alpha value is -0.740. The van der Waals surface area contributed by atoms with Crippen LogP contribution >= 0.6 is 23.4 Å². The molecule has 5 heteroatoms. The van der Waals surface area contributed by atoms with Crippen LogP contribution in [0.5, 0.6) is 0 Å². The second-order valence-electron chi connectivity index (χ2n) is 3.50. The molecule has 1 aromatic rings. The summed E-state index contributed by atoms with van der Waals surface area (Å²) in [6.45, 7) is 1.32. The molecule has 0 saturated carbocycles. The van der Waals surface area contributed by atoms with E-state index in [0.29, 0.717) is 13.1 Å². The fourth-order valence-corrected chi connectivity index (χ4v) is 2.77. The van der Waals surface area contributed by atoms with E-state index >= 15 is 0 Å². The summed E-state index contributed by atoms with van der Waals surface area (Å²) in [6.07, 6.45) is 0. The molecule has 0 atom stereocenters. The number of carbonyl (C=O) groups excluding carboxylic acids is 1. The van der Waals surface area contributed by atoms with Gasteiger partial charge in [-0.05, 0) is 12.1 Å². The van der Waals surface area contributed by atoms with E-state index in [2.05, 4.69) is 0 Å². The molecule has 0 spiro atoms. The van der Waals surface area contributed by atoms with Crippen molar-refractivity contribution < 1.29 is 9.18 Å². The van der Waals surface area contributed by atoms with Crippen LogP contribution in [0.2, 0.25) is 5.02 Å². The van der Waals surface area contributed by atoms with Gasteiger partial charge in [-0.15, -0.1) is 0 Å². The number of rotatable bonds is 1. The molecule has 16 heavy (non-hydrogen) atoms. The van der Waals surface area contributed by atoms with Crippen molar-refractivity contribution in [3.63, 3.8) is 0 Å². The minimum Gasteiger partial charge on any atom is -0.337 e. The van der Waals surface area contributed by atoms with Crippen LogP contribution < -0.4 is 0 Å². The van der Waals surface area contributed by atoms with Crippen molar-refractivity contribution in [1.82, 2.24) is 4.90 Å². The van der Waals surface area contributed by atoms with E-state index in [1.54, 1.807) is 16.7 Å². The lowest BCUT2D eigenvalue weighted by Gasteiger charge is -2.26. The van der Waals surface area contributed by atoms with Gasteiger partial charge in [0.15, 0.2) is 0 Å². The number of hydrogen-bond donors (Lipinski definition) is 0. The molecule has 1 saturated heterocycles. The van der Waals surface area contributed by atoms with Crippen molar-refractivity contribution in [2.45, 2.75) is 0 Å². The zero-order valence-corrected chi connectivity index (χ0v) is 10.2. The summed E-state index contributed by atoms with van der Waals surface area (Å²) in [6, 6.07) is 4.30. The SMILES string of the molecule is O=C(c1c(F)cccc1Cl)N1CCSCC1. The first-order valence-electron chi connectivity index (χ1n) is 5.01. The first-order chi connectivity index (χ1) is 7.70. The number of carbonyl (C=O) groups is 1. The third-order valence-electron chi connectivity index (χ3n) is 2.47. The molecule has 0 radical (unpaired) electrons. The second-order valence-corrected chi connectivity index (χ2v) is 5.13. The average Bonchev–Trinajstić information content (AvgIpc) is 2.30. The molecule has 2 nitrogen and oxygen atoms in total. The summed E-state index contributed by atoms with van der Waals surface area (Å²) in [4.78, 5) is 13.7. The van der Waals surface area contributed by atoms with E-state index in [-0.39, 0.29) is 16.5 Å². The highest BCUT2D eigenvalue weighted by Crippen LogP contribution is 2.22. The topological polar surface area (TPSA) is 20.3 Å². The normalized spacial score (nSPS) is 16.2. The maximum Gasteiger partial charge on any atom is 0.258 e. The van der Waals surface area contributed by atoms with Gasteiger partial charge >= 0.3 is 0 Å². The highest BCUT2D eigenvalue weighted by atomic mass is 35.5. The minimum absolute atomic E-state index is 0.00364. The van der Waals surface area contributed by atoms with E-state index in [4.69, 9.17) is 11.6 Å². The van der Waals surface area contributed by atoms with Crippen molar-refractivity contribution in [2.24, 2.45) is 0 Å². The summed E-state index contributed by atoms with van der Waals surface area (Å²) in [5, 5.41) is 0.184. The van der Waals surface area contributed by atoms with Gasteiger partial charge in [0.25, 0.3) is 5.91 Å². The third kappa shape index (κ3) is 2.33. The van der Waals surface area contributed by atoms with Crippen LogP contribution in [-0.4, -0.2) is 35.4 Å². The van der Waals surface area contributed by atoms with E-state index in [1.165, 1.54) is 18.2 Å². The smallest absolute Gasteiger partial charge is 0.258 e. The average molecular weight is 260 g/mol. The Morgan fingerprint density at radius 1 is 1.38 bits per heavy atom. The summed E-state index contributed by atoms with van der Waals surface area (Å²) < 4.78 is 13.5. The minimum atomic E-state index is -0.546. The summed E-state index contributed by atoms with van der Waals surface area (Å²) in [7, 11) is 0. The highest BCUT2D eigenvalue weighted by molar-refractivity contribution is 7.99. The van der Waals surface area contributed by atoms with E-state index < -0.39 is 5.82 Å². The Bertz CT molecular complexity index is 387. The maximum atomic E-state index is 13.5. The zero-order valence-electron chi connectivity index (χ0n) is 8.58. The first kappa shape index (κ1) is 11.7. The fourth-order valence-electron chi connectivity index (χ4n) is 1.63. The number of benzene rings is 1. The molecular weight excluding hydrogens is 249 g/mol. The van der Waals surface area contributed by atoms with Gasteiger partial charge < -0.3 is 4.90 Å². The largest absolute Gasteiger partial charge is 0.337 e. The third-order valence-corrected chi connectivity index (χ3v) is 3.73. The number of thioether (sulfide) groups is 1. The Kier molecular flexibility index (Phi) is 3.71. The van der Waals surface area contributed by atoms with Crippen molar-refractivity contribution in [3.05, 3.63) is 34.6 Å². The number of amides is 1. The van der Waals surface area contributed by atoms with Gasteiger partial charge in [-0.3, -0.25) is 4.79 Å². The Morgan fingerprint density at radius 3 is 2.69 bits per heavy atom. The Labute approximate surface area is 103 Å². The fraction of sp³-hybridized carbons (Fsp3) is 0.364. The molecule has 1 amide bonds. The lowest BCUT2D eigenvalue weighted by molar-refractivity contribution is 0.0768. The zero-order chi connectivity index (χ0) is 11.5. The second kappa shape index (κ2) is 5.06. The van der Waals surface area contributed by atoms with Crippen LogP contribution in [0.3, 0.4) is 0 Å². The van der Waals surface area contributed by atoms with Crippen LogP contribution in [-0.2, 0) is 0 Å². The molecule has 1 heterocycles. The van der Waals surface area contributed by atoms with Crippen molar-refractivity contribution in [2.75, 3.05) is 24.6 Å². The van der Waals surface area contributed by atoms with Crippen LogP contribution in [0, 0.1) is 5.82 Å². The van der Waals surface area contributed by atoms with E-state index in [1.807, 2.05) is 0 Å². The molecule has 1 aliphatic rings. The van der Waals surface area contributed by atoms with Gasteiger partial charge in [0.1, 0.15) is 5.82 Å². The number of halogens is 2. The van der Waals surface area contributed by atoms with E-state index in [0.717, 1.165) is 11.5 Å². The highest BCUT2D eigenvalue weighted by Gasteiger charge is 2.23. The predicted molar refractivity (Wildman–Crippen MR) is 64.6 cm³/mol. The van der Waals surface area contributed by atoms with Crippen LogP contribution in [0.1, 0.15) is 10.4 Å². The van der Waals surface area contributed by atoms with Gasteiger partial charge in [0, 0.05) is 24.6 Å². The van der Waals surface area contributed by atoms with Gasteiger partial charge in [0.2, 0.25) is 0 Å². The van der Waals surface area contributed by atoms with Gasteiger partial charge in [-0.25, -0.2) is 4.39 Å². The standard InChI is InChI=1S/C11H11ClFNOS/c12-8-2-1-3-9(13)10(8)11(15)14-4-6-16-7-5-14/h1-3H,4-7H2. The molecule has 1 fully saturated rings. The maximum absolute atomic E-state index is 13.5. The van der Waals surface area contributed by atoms with Gasteiger partial charge in [0.05, 0.1) is 10.6 Å². The molecule has 0 aromatic heterocycles. The summed E-state index contributed by atoms with van der Waals surface area (Å²) >= 11 is 7.65. The summed E-state index contributed by atoms with van der Waals surface area (Å²) in [5.41, 5.74) is -0.00364. The van der Waals surface area contributed by atoms with Crippen LogP contribution in [0.4, 0.5) is 4.39 Å². The van der Waals surface area contributed by atoms with Crippen LogP contribution in [0.25, 0.3) is 0 Å². The van der Waals surface area contributed by atoms with Crippen molar-refractivity contribution in [1.29, 1.82) is 0 Å². The molecule has 1 aliphatic heterocycles. The molecule has 1 aromatic carbocycles. The number of hydrogen-bond acceptors (Lipinski definition) is 2. The lowest BCUT2D eigenvalue weighted by Crippen LogP contribution is -2.38. The molecule has 2 rings (SSSR count). The molecule has 0 unspecified atom stereocenters. The molecular formula is C11H11ClFNOS. The summed E-state index contributed by atoms with van der Waals surface area (Å²) in [5.74, 6) is 0.953. The van der Waals surface area contributed by atoms with Gasteiger partial charge in [-0.2, -0.15) is 11.8 Å². The van der Waals surface area contributed by atoms with Gasteiger partial charge in [-0.1, -0.05) is 17.7 Å². The predicted octanol–water partition coefficient (Wildman–Crippen LogP) is 2.67. The molecule has 0 aliphatic carbocycles. The molecule has 0 N–H and O–H groups in total. The Balaban J connectivity index is 2.26. The molecule has 0 bridgehead atoms. The Morgan fingerprint density at radius 2 is 2.06 bits per heavy atom. The number of nitrogens with zero attached hydrogens (tertiary/aromatic N) is 1. The molecule has 86 valence electrons. The van der Waals surface area contributed by atoms with Crippen LogP contribution in [0.15, 0.2) is 18.2 Å². The monoisotopic (exact) mass is 259 g/mol. The van der Waals surface area contributed by atoms with Crippen molar-refractivity contribution in [3.8, 4) is 0 Å². The quantitative estimate of drug-likeness (QED) is 0.773.